The fraction of sp³-hybridized carbons (Fsp3) is 0.400. The molecule has 21 heavy (non-hydrogen) atoms. The molecular weight excluding hydrogens is 274 g/mol. The van der Waals surface area contributed by atoms with Crippen molar-refractivity contribution in [1.29, 1.82) is 0 Å². The third-order valence-electron chi connectivity index (χ3n) is 2.40. The van der Waals surface area contributed by atoms with Crippen molar-refractivity contribution in [2.24, 2.45) is 0 Å². The number of rotatable bonds is 4. The summed E-state index contributed by atoms with van der Waals surface area (Å²) in [5, 5.41) is 2.51. The van der Waals surface area contributed by atoms with Gasteiger partial charge in [0, 0.05) is 5.56 Å². The van der Waals surface area contributed by atoms with Crippen LogP contribution in [0.1, 0.15) is 37.6 Å². The molecule has 0 saturated heterocycles. The topological polar surface area (TPSA) is 81.7 Å². The predicted molar refractivity (Wildman–Crippen MR) is 77.3 cm³/mol. The maximum Gasteiger partial charge on any atom is 0.412 e. The molecule has 1 amide bonds. The van der Waals surface area contributed by atoms with Gasteiger partial charge in [-0.05, 0) is 32.9 Å². The Morgan fingerprint density at radius 2 is 1.76 bits per heavy atom. The largest absolute Gasteiger partial charge is 0.469 e. The van der Waals surface area contributed by atoms with Crippen LogP contribution >= 0.6 is 0 Å². The first-order valence-electron chi connectivity index (χ1n) is 6.42. The molecule has 1 N–H and O–H groups in total. The Morgan fingerprint density at radius 1 is 1.14 bits per heavy atom. The molecule has 0 aliphatic rings. The Balaban J connectivity index is 2.87. The Labute approximate surface area is 123 Å². The lowest BCUT2D eigenvalue weighted by Gasteiger charge is -2.20. The lowest BCUT2D eigenvalue weighted by molar-refractivity contribution is -0.139. The zero-order valence-electron chi connectivity index (χ0n) is 12.6. The molecule has 0 aliphatic heterocycles. The van der Waals surface area contributed by atoms with Crippen molar-refractivity contribution in [3.05, 3.63) is 29.8 Å². The summed E-state index contributed by atoms with van der Waals surface area (Å²) in [7, 11) is 1.21. The van der Waals surface area contributed by atoms with Crippen LogP contribution in [0.4, 0.5) is 10.5 Å². The molecule has 0 bridgehead atoms. The SMILES string of the molecule is COC(=O)CC(=O)c1ccccc1NC(=O)OC(C)(C)C. The van der Waals surface area contributed by atoms with Crippen molar-refractivity contribution < 1.29 is 23.9 Å². The molecule has 6 heteroatoms. The summed E-state index contributed by atoms with van der Waals surface area (Å²) in [5.74, 6) is -1.07. The Kier molecular flexibility index (Phi) is 5.46. The molecule has 0 fully saturated rings. The van der Waals surface area contributed by atoms with Gasteiger partial charge < -0.3 is 9.47 Å². The molecule has 1 aromatic rings. The highest BCUT2D eigenvalue weighted by molar-refractivity contribution is 6.10. The average Bonchev–Trinajstić information content (AvgIpc) is 2.36. The fourth-order valence-electron chi connectivity index (χ4n) is 1.55. The molecule has 6 nitrogen and oxygen atoms in total. The lowest BCUT2D eigenvalue weighted by Crippen LogP contribution is -2.27. The van der Waals surface area contributed by atoms with Crippen molar-refractivity contribution in [3.8, 4) is 0 Å². The van der Waals surface area contributed by atoms with Gasteiger partial charge in [0.25, 0.3) is 0 Å². The van der Waals surface area contributed by atoms with Gasteiger partial charge in [-0.1, -0.05) is 12.1 Å². The average molecular weight is 293 g/mol. The highest BCUT2D eigenvalue weighted by Crippen LogP contribution is 2.18. The monoisotopic (exact) mass is 293 g/mol. The number of Topliss-reactive ketones (excluding diaryl/α,β-unsaturated/α-hetero) is 1. The number of benzene rings is 1. The summed E-state index contributed by atoms with van der Waals surface area (Å²) in [6.45, 7) is 5.21. The van der Waals surface area contributed by atoms with Crippen LogP contribution in [0.15, 0.2) is 24.3 Å². The maximum atomic E-state index is 12.0. The minimum absolute atomic E-state index is 0.230. The number of carbonyl (C=O) groups excluding carboxylic acids is 3. The number of esters is 1. The van der Waals surface area contributed by atoms with E-state index in [9.17, 15) is 14.4 Å². The number of ketones is 1. The third-order valence-corrected chi connectivity index (χ3v) is 2.40. The van der Waals surface area contributed by atoms with Crippen LogP contribution in [0.2, 0.25) is 0 Å². The predicted octanol–water partition coefficient (Wildman–Crippen LogP) is 2.78. The molecule has 0 aliphatic carbocycles. The van der Waals surface area contributed by atoms with Crippen LogP contribution in [-0.4, -0.2) is 30.6 Å². The smallest absolute Gasteiger partial charge is 0.412 e. The van der Waals surface area contributed by atoms with E-state index in [4.69, 9.17) is 4.74 Å². The van der Waals surface area contributed by atoms with E-state index >= 15 is 0 Å². The molecule has 0 atom stereocenters. The van der Waals surface area contributed by atoms with E-state index in [2.05, 4.69) is 10.1 Å². The Morgan fingerprint density at radius 3 is 2.33 bits per heavy atom. The zero-order valence-corrected chi connectivity index (χ0v) is 12.6. The van der Waals surface area contributed by atoms with E-state index < -0.39 is 23.4 Å². The van der Waals surface area contributed by atoms with Gasteiger partial charge in [0.2, 0.25) is 0 Å². The number of carbonyl (C=O) groups is 3. The van der Waals surface area contributed by atoms with E-state index in [0.717, 1.165) is 0 Å². The molecule has 114 valence electrons. The summed E-state index contributed by atoms with van der Waals surface area (Å²) in [4.78, 5) is 34.9. The second-order valence-electron chi connectivity index (χ2n) is 5.35. The van der Waals surface area contributed by atoms with E-state index in [-0.39, 0.29) is 12.0 Å². The first-order chi connectivity index (χ1) is 9.73. The molecule has 0 spiro atoms. The number of anilines is 1. The standard InChI is InChI=1S/C15H19NO5/c1-15(2,3)21-14(19)16-11-8-6-5-7-10(11)12(17)9-13(18)20-4/h5-8H,9H2,1-4H3,(H,16,19). The summed E-state index contributed by atoms with van der Waals surface area (Å²) >= 11 is 0. The number of hydrogen-bond acceptors (Lipinski definition) is 5. The van der Waals surface area contributed by atoms with Crippen LogP contribution in [0.25, 0.3) is 0 Å². The number of para-hydroxylation sites is 1. The van der Waals surface area contributed by atoms with E-state index in [1.165, 1.54) is 13.2 Å². The lowest BCUT2D eigenvalue weighted by atomic mass is 10.1. The summed E-state index contributed by atoms with van der Waals surface area (Å²) in [5.41, 5.74) is -0.121. The van der Waals surface area contributed by atoms with Gasteiger partial charge in [-0.15, -0.1) is 0 Å². The number of methoxy groups -OCH3 is 1. The van der Waals surface area contributed by atoms with Crippen LogP contribution in [0, 0.1) is 0 Å². The maximum absolute atomic E-state index is 12.0. The molecule has 0 saturated carbocycles. The molecule has 0 heterocycles. The van der Waals surface area contributed by atoms with Crippen LogP contribution < -0.4 is 5.32 Å². The normalized spacial score (nSPS) is 10.7. The molecule has 1 rings (SSSR count). The van der Waals surface area contributed by atoms with E-state index in [0.29, 0.717) is 5.69 Å². The van der Waals surface area contributed by atoms with Gasteiger partial charge >= 0.3 is 12.1 Å². The van der Waals surface area contributed by atoms with E-state index in [1.807, 2.05) is 0 Å². The van der Waals surface area contributed by atoms with Crippen LogP contribution in [0.3, 0.4) is 0 Å². The van der Waals surface area contributed by atoms with Gasteiger partial charge in [-0.3, -0.25) is 14.9 Å². The van der Waals surface area contributed by atoms with Crippen molar-refractivity contribution in [3.63, 3.8) is 0 Å². The van der Waals surface area contributed by atoms with Crippen LogP contribution in [-0.2, 0) is 14.3 Å². The van der Waals surface area contributed by atoms with Gasteiger partial charge in [-0.25, -0.2) is 4.79 Å². The molecular formula is C15H19NO5. The number of hydrogen-bond donors (Lipinski definition) is 1. The number of ether oxygens (including phenoxy) is 2. The molecule has 0 aromatic heterocycles. The third kappa shape index (κ3) is 5.64. The van der Waals surface area contributed by atoms with Crippen molar-refractivity contribution in [1.82, 2.24) is 0 Å². The minimum Gasteiger partial charge on any atom is -0.469 e. The fourth-order valence-corrected chi connectivity index (χ4v) is 1.55. The first-order valence-corrected chi connectivity index (χ1v) is 6.42. The second-order valence-corrected chi connectivity index (χ2v) is 5.35. The quantitative estimate of drug-likeness (QED) is 0.524. The minimum atomic E-state index is -0.666. The number of amides is 1. The van der Waals surface area contributed by atoms with Gasteiger partial charge in [-0.2, -0.15) is 0 Å². The zero-order chi connectivity index (χ0) is 16.0. The second kappa shape index (κ2) is 6.88. The molecule has 1 aromatic carbocycles. The van der Waals surface area contributed by atoms with Crippen molar-refractivity contribution in [2.75, 3.05) is 12.4 Å². The highest BCUT2D eigenvalue weighted by Gasteiger charge is 2.20. The molecule has 0 unspecified atom stereocenters. The summed E-state index contributed by atoms with van der Waals surface area (Å²) < 4.78 is 9.58. The van der Waals surface area contributed by atoms with Crippen molar-refractivity contribution in [2.45, 2.75) is 32.8 Å². The first kappa shape index (κ1) is 16.7. The Bertz CT molecular complexity index is 545. The number of nitrogens with one attached hydrogen (secondary N) is 1. The van der Waals surface area contributed by atoms with Gasteiger partial charge in [0.1, 0.15) is 12.0 Å². The summed E-state index contributed by atoms with van der Waals surface area (Å²) in [6, 6.07) is 6.40. The van der Waals surface area contributed by atoms with Crippen molar-refractivity contribution >= 4 is 23.5 Å². The Hall–Kier alpha value is -2.37. The summed E-state index contributed by atoms with van der Waals surface area (Å²) in [6.07, 6.45) is -1.05. The van der Waals surface area contributed by atoms with Gasteiger partial charge in [0.05, 0.1) is 12.8 Å². The molecule has 0 radical (unpaired) electrons. The van der Waals surface area contributed by atoms with Gasteiger partial charge in [0.15, 0.2) is 5.78 Å². The van der Waals surface area contributed by atoms with E-state index in [1.54, 1.807) is 39.0 Å². The highest BCUT2D eigenvalue weighted by atomic mass is 16.6. The van der Waals surface area contributed by atoms with Crippen LogP contribution in [0.5, 0.6) is 0 Å².